The summed E-state index contributed by atoms with van der Waals surface area (Å²) in [5.41, 5.74) is 1.78. The predicted molar refractivity (Wildman–Crippen MR) is 130 cm³/mol. The molecule has 6 heteroatoms. The third-order valence-corrected chi connectivity index (χ3v) is 7.60. The van der Waals surface area contributed by atoms with Crippen LogP contribution in [0.2, 0.25) is 5.28 Å². The number of nitrogens with zero attached hydrogens (tertiary/aromatic N) is 3. The summed E-state index contributed by atoms with van der Waals surface area (Å²) in [5, 5.41) is 2.08. The van der Waals surface area contributed by atoms with Crippen LogP contribution in [-0.4, -0.2) is 23.1 Å². The molecule has 3 nitrogen and oxygen atoms in total. The molecular weight excluding hydrogens is 440 g/mol. The van der Waals surface area contributed by atoms with Crippen LogP contribution in [0.3, 0.4) is 0 Å². The average Bonchev–Trinajstić information content (AvgIpc) is 3.05. The van der Waals surface area contributed by atoms with Crippen molar-refractivity contribution in [2.45, 2.75) is 33.1 Å². The van der Waals surface area contributed by atoms with Crippen LogP contribution in [0.1, 0.15) is 31.7 Å². The number of hydrogen-bond donors (Lipinski definition) is 0. The molecule has 2 atom stereocenters. The SMILES string of the molecule is Cc1ccc2c(-c3c(F)cc4c(N5C[C@H]6CC[C@@](C)(C6)C5)nc(Cl)nc4c3F)cccc2c1. The molecular formula is C27H24ClF2N3. The number of anilines is 1. The minimum absolute atomic E-state index is 0.0226. The summed E-state index contributed by atoms with van der Waals surface area (Å²) in [6.07, 6.45) is 3.53. The van der Waals surface area contributed by atoms with Gasteiger partial charge in [0.25, 0.3) is 0 Å². The van der Waals surface area contributed by atoms with E-state index < -0.39 is 11.6 Å². The van der Waals surface area contributed by atoms with Gasteiger partial charge in [0.2, 0.25) is 5.28 Å². The van der Waals surface area contributed by atoms with Crippen molar-refractivity contribution in [3.05, 3.63) is 64.9 Å². The van der Waals surface area contributed by atoms with Crippen molar-refractivity contribution in [2.24, 2.45) is 11.3 Å². The molecule has 0 N–H and O–H groups in total. The largest absolute Gasteiger partial charge is 0.355 e. The van der Waals surface area contributed by atoms with Crippen LogP contribution in [0.5, 0.6) is 0 Å². The van der Waals surface area contributed by atoms with Gasteiger partial charge in [-0.2, -0.15) is 4.98 Å². The first-order valence-corrected chi connectivity index (χ1v) is 11.8. The molecule has 1 aliphatic carbocycles. The number of hydrogen-bond acceptors (Lipinski definition) is 3. The van der Waals surface area contributed by atoms with Crippen molar-refractivity contribution in [3.63, 3.8) is 0 Å². The van der Waals surface area contributed by atoms with Crippen LogP contribution in [0.4, 0.5) is 14.6 Å². The Morgan fingerprint density at radius 3 is 2.76 bits per heavy atom. The lowest BCUT2D eigenvalue weighted by molar-refractivity contribution is 0.286. The Morgan fingerprint density at radius 1 is 1.09 bits per heavy atom. The zero-order valence-electron chi connectivity index (χ0n) is 18.6. The van der Waals surface area contributed by atoms with E-state index in [1.54, 1.807) is 6.07 Å². The van der Waals surface area contributed by atoms with Gasteiger partial charge >= 0.3 is 0 Å². The van der Waals surface area contributed by atoms with Crippen LogP contribution in [-0.2, 0) is 0 Å². The van der Waals surface area contributed by atoms with Crippen LogP contribution >= 0.6 is 11.6 Å². The first kappa shape index (κ1) is 20.8. The van der Waals surface area contributed by atoms with Gasteiger partial charge in [-0.05, 0) is 71.5 Å². The molecule has 1 aliphatic heterocycles. The zero-order valence-corrected chi connectivity index (χ0v) is 19.4. The third-order valence-electron chi connectivity index (χ3n) is 7.43. The van der Waals surface area contributed by atoms with Crippen LogP contribution < -0.4 is 4.90 Å². The molecule has 2 aliphatic rings. The van der Waals surface area contributed by atoms with Crippen molar-refractivity contribution in [2.75, 3.05) is 18.0 Å². The Kier molecular flexibility index (Phi) is 4.64. The molecule has 0 unspecified atom stereocenters. The lowest BCUT2D eigenvalue weighted by Gasteiger charge is -2.39. The highest BCUT2D eigenvalue weighted by Crippen LogP contribution is 2.48. The molecule has 1 saturated heterocycles. The first-order chi connectivity index (χ1) is 15.8. The van der Waals surface area contributed by atoms with Gasteiger partial charge in [0.15, 0.2) is 5.82 Å². The Morgan fingerprint density at radius 2 is 1.94 bits per heavy atom. The van der Waals surface area contributed by atoms with E-state index in [2.05, 4.69) is 21.8 Å². The maximum Gasteiger partial charge on any atom is 0.225 e. The normalized spacial score (nSPS) is 22.5. The zero-order chi connectivity index (χ0) is 22.9. The van der Waals surface area contributed by atoms with Gasteiger partial charge in [-0.1, -0.05) is 48.9 Å². The fourth-order valence-corrected chi connectivity index (χ4v) is 6.18. The molecule has 33 heavy (non-hydrogen) atoms. The number of rotatable bonds is 2. The summed E-state index contributed by atoms with van der Waals surface area (Å²) in [7, 11) is 0. The highest BCUT2D eigenvalue weighted by molar-refractivity contribution is 6.29. The van der Waals surface area contributed by atoms with Gasteiger partial charge in [-0.15, -0.1) is 0 Å². The molecule has 2 heterocycles. The predicted octanol–water partition coefficient (Wildman–Crippen LogP) is 7.32. The van der Waals surface area contributed by atoms with Gasteiger partial charge < -0.3 is 4.90 Å². The Hall–Kier alpha value is -2.79. The molecule has 2 bridgehead atoms. The van der Waals surface area contributed by atoms with Crippen molar-refractivity contribution >= 4 is 39.1 Å². The van der Waals surface area contributed by atoms with Crippen LogP contribution in [0, 0.1) is 29.9 Å². The molecule has 3 aromatic carbocycles. The van der Waals surface area contributed by atoms with Gasteiger partial charge in [-0.25, -0.2) is 13.8 Å². The second-order valence-corrected chi connectivity index (χ2v) is 10.4. The summed E-state index contributed by atoms with van der Waals surface area (Å²) < 4.78 is 31.6. The average molecular weight is 464 g/mol. The highest BCUT2D eigenvalue weighted by Gasteiger charge is 2.42. The maximum absolute atomic E-state index is 16.0. The Balaban J connectivity index is 1.56. The second kappa shape index (κ2) is 7.36. The molecule has 0 amide bonds. The van der Waals surface area contributed by atoms with E-state index in [9.17, 15) is 0 Å². The molecule has 4 aromatic rings. The van der Waals surface area contributed by atoms with E-state index in [-0.39, 0.29) is 21.8 Å². The molecule has 1 aromatic heterocycles. The summed E-state index contributed by atoms with van der Waals surface area (Å²) in [4.78, 5) is 10.8. The fraction of sp³-hybridized carbons (Fsp3) is 0.333. The van der Waals surface area contributed by atoms with Gasteiger partial charge in [0.1, 0.15) is 17.2 Å². The van der Waals surface area contributed by atoms with E-state index in [4.69, 9.17) is 11.6 Å². The summed E-state index contributed by atoms with van der Waals surface area (Å²) >= 11 is 6.28. The van der Waals surface area contributed by atoms with Crippen molar-refractivity contribution in [3.8, 4) is 11.1 Å². The summed E-state index contributed by atoms with van der Waals surface area (Å²) in [6.45, 7) is 5.91. The minimum atomic E-state index is -0.699. The minimum Gasteiger partial charge on any atom is -0.355 e. The fourth-order valence-electron chi connectivity index (χ4n) is 6.01. The number of benzene rings is 3. The van der Waals surface area contributed by atoms with E-state index in [1.807, 2.05) is 37.3 Å². The monoisotopic (exact) mass is 463 g/mol. The lowest BCUT2D eigenvalue weighted by atomic mass is 9.84. The number of aromatic nitrogens is 2. The van der Waals surface area contributed by atoms with Gasteiger partial charge in [0, 0.05) is 18.5 Å². The Bertz CT molecular complexity index is 1440. The third kappa shape index (κ3) is 3.36. The Labute approximate surface area is 196 Å². The number of halogens is 3. The standard InChI is InChI=1S/C27H24ClF2N3/c1-15-6-7-18-17(10-15)4-3-5-19(18)22-21(29)11-20-24(23(22)30)31-26(28)32-25(20)33-13-16-8-9-27(2,12-16)14-33/h3-7,10-11,16H,8-9,12-14H2,1-2H3/t16-,27-/m0/s1. The molecule has 0 radical (unpaired) electrons. The molecule has 6 rings (SSSR count). The topological polar surface area (TPSA) is 29.0 Å². The van der Waals surface area contributed by atoms with E-state index in [0.717, 1.165) is 29.4 Å². The van der Waals surface area contributed by atoms with Crippen molar-refractivity contribution in [1.29, 1.82) is 0 Å². The quantitative estimate of drug-likeness (QED) is 0.292. The van der Waals surface area contributed by atoms with E-state index in [1.165, 1.54) is 25.3 Å². The van der Waals surface area contributed by atoms with Crippen LogP contribution in [0.15, 0.2) is 42.5 Å². The number of aryl methyl sites for hydroxylation is 1. The molecule has 2 fully saturated rings. The van der Waals surface area contributed by atoms with Gasteiger partial charge in [-0.3, -0.25) is 0 Å². The smallest absolute Gasteiger partial charge is 0.225 e. The van der Waals surface area contributed by atoms with E-state index >= 15 is 8.78 Å². The molecule has 0 spiro atoms. The second-order valence-electron chi connectivity index (χ2n) is 10.1. The van der Waals surface area contributed by atoms with Gasteiger partial charge in [0.05, 0.1) is 5.56 Å². The highest BCUT2D eigenvalue weighted by atomic mass is 35.5. The number of piperidine rings is 1. The van der Waals surface area contributed by atoms with Crippen molar-refractivity contribution < 1.29 is 8.78 Å². The van der Waals surface area contributed by atoms with Crippen LogP contribution in [0.25, 0.3) is 32.8 Å². The molecule has 168 valence electrons. The first-order valence-electron chi connectivity index (χ1n) is 11.4. The molecule has 1 saturated carbocycles. The van der Waals surface area contributed by atoms with Crippen molar-refractivity contribution in [1.82, 2.24) is 9.97 Å². The maximum atomic E-state index is 16.0. The number of fused-ring (bicyclic) bond motifs is 4. The summed E-state index contributed by atoms with van der Waals surface area (Å²) in [5.74, 6) is -0.220. The summed E-state index contributed by atoms with van der Waals surface area (Å²) in [6, 6.07) is 12.8. The van der Waals surface area contributed by atoms with E-state index in [0.29, 0.717) is 22.7 Å². The lowest BCUT2D eigenvalue weighted by Crippen LogP contribution is -2.42.